The lowest BCUT2D eigenvalue weighted by Gasteiger charge is -2.36. The Morgan fingerprint density at radius 1 is 1.15 bits per heavy atom. The lowest BCUT2D eigenvalue weighted by atomic mass is 9.91. The highest BCUT2D eigenvalue weighted by molar-refractivity contribution is 6.74. The molecule has 0 saturated heterocycles. The highest BCUT2D eigenvalue weighted by Crippen LogP contribution is 2.38. The predicted molar refractivity (Wildman–Crippen MR) is 164 cm³/mol. The van der Waals surface area contributed by atoms with Gasteiger partial charge in [-0.25, -0.2) is 4.68 Å². The molecular formula is C30H40Cl2N4O2Si. The molecule has 0 spiro atoms. The van der Waals surface area contributed by atoms with Crippen LogP contribution in [0.4, 0.5) is 0 Å². The molecule has 3 N–H and O–H groups in total. The predicted octanol–water partition coefficient (Wildman–Crippen LogP) is 7.47. The first-order chi connectivity index (χ1) is 18.2. The number of halogens is 2. The average Bonchev–Trinajstić information content (AvgIpc) is 3.14. The molecular weight excluding hydrogens is 547 g/mol. The van der Waals surface area contributed by atoms with Crippen molar-refractivity contribution >= 4 is 37.4 Å². The van der Waals surface area contributed by atoms with Crippen molar-refractivity contribution in [3.05, 3.63) is 63.8 Å². The van der Waals surface area contributed by atoms with Crippen LogP contribution >= 0.6 is 23.2 Å². The van der Waals surface area contributed by atoms with Gasteiger partial charge in [0.05, 0.1) is 28.5 Å². The van der Waals surface area contributed by atoms with Crippen LogP contribution in [0.2, 0.25) is 28.2 Å². The van der Waals surface area contributed by atoms with Gasteiger partial charge in [-0.3, -0.25) is 4.79 Å². The molecule has 0 radical (unpaired) electrons. The molecule has 1 fully saturated rings. The number of nitrogens with zero attached hydrogens (tertiary/aromatic N) is 2. The van der Waals surface area contributed by atoms with Crippen LogP contribution in [0.3, 0.4) is 0 Å². The Morgan fingerprint density at radius 3 is 2.46 bits per heavy atom. The largest absolute Gasteiger partial charge is 0.544 e. The fourth-order valence-corrected chi connectivity index (χ4v) is 6.31. The average molecular weight is 588 g/mol. The van der Waals surface area contributed by atoms with Crippen molar-refractivity contribution in [1.82, 2.24) is 15.1 Å². The van der Waals surface area contributed by atoms with Crippen LogP contribution in [0.25, 0.3) is 16.9 Å². The van der Waals surface area contributed by atoms with Gasteiger partial charge in [-0.2, -0.15) is 5.10 Å². The Balaban J connectivity index is 1.67. The van der Waals surface area contributed by atoms with E-state index in [9.17, 15) is 4.79 Å². The van der Waals surface area contributed by atoms with Gasteiger partial charge < -0.3 is 15.5 Å². The standard InChI is InChI=1S/C30H40Cl2N4O2Si/c1-19-26(18-28(37)34-23-9-7-8-22(33)17-23)35-36(27-15-12-21(31)16-25(27)32)29(19)20-10-13-24(14-11-20)38-39(5,6)30(2,3)4/h10-16,22-23H,7-9,17-18,33H2,1-6H3,(H,34,37). The van der Waals surface area contributed by atoms with Gasteiger partial charge in [0.1, 0.15) is 5.75 Å². The molecule has 9 heteroatoms. The van der Waals surface area contributed by atoms with E-state index in [1.54, 1.807) is 12.1 Å². The topological polar surface area (TPSA) is 82.2 Å². The van der Waals surface area contributed by atoms with Gasteiger partial charge in [-0.05, 0) is 98.8 Å². The summed E-state index contributed by atoms with van der Waals surface area (Å²) in [5.74, 6) is 0.803. The van der Waals surface area contributed by atoms with Crippen molar-refractivity contribution in [2.45, 2.75) is 90.0 Å². The summed E-state index contributed by atoms with van der Waals surface area (Å²) >= 11 is 12.8. The Labute approximate surface area is 243 Å². The molecule has 2 aromatic carbocycles. The third-order valence-corrected chi connectivity index (χ3v) is 13.0. The zero-order chi connectivity index (χ0) is 28.5. The molecule has 0 bridgehead atoms. The van der Waals surface area contributed by atoms with Crippen molar-refractivity contribution in [3.8, 4) is 22.7 Å². The number of aromatic nitrogens is 2. The van der Waals surface area contributed by atoms with Crippen molar-refractivity contribution in [2.24, 2.45) is 5.73 Å². The number of amides is 1. The second kappa shape index (κ2) is 11.7. The smallest absolute Gasteiger partial charge is 0.250 e. The molecule has 2 unspecified atom stereocenters. The summed E-state index contributed by atoms with van der Waals surface area (Å²) in [5.41, 5.74) is 10.3. The molecule has 1 saturated carbocycles. The molecule has 3 aromatic rings. The molecule has 4 rings (SSSR count). The van der Waals surface area contributed by atoms with E-state index in [1.165, 1.54) is 0 Å². The second-order valence-electron chi connectivity index (χ2n) is 12.2. The first-order valence-corrected chi connectivity index (χ1v) is 17.3. The number of carbonyl (C=O) groups excluding carboxylic acids is 1. The number of carbonyl (C=O) groups is 1. The minimum absolute atomic E-state index is 0.0475. The fourth-order valence-electron chi connectivity index (χ4n) is 4.79. The van der Waals surface area contributed by atoms with Gasteiger partial charge in [0.15, 0.2) is 0 Å². The molecule has 0 aliphatic heterocycles. The molecule has 1 aliphatic carbocycles. The molecule has 2 atom stereocenters. The summed E-state index contributed by atoms with van der Waals surface area (Å²) in [6, 6.07) is 13.7. The van der Waals surface area contributed by atoms with E-state index in [-0.39, 0.29) is 29.4 Å². The fraction of sp³-hybridized carbons (Fsp3) is 0.467. The lowest BCUT2D eigenvalue weighted by Crippen LogP contribution is -2.43. The number of benzene rings is 2. The zero-order valence-corrected chi connectivity index (χ0v) is 26.3. The summed E-state index contributed by atoms with van der Waals surface area (Å²) in [7, 11) is -1.97. The van der Waals surface area contributed by atoms with Crippen molar-refractivity contribution < 1.29 is 9.22 Å². The molecule has 1 amide bonds. The zero-order valence-electron chi connectivity index (χ0n) is 23.8. The molecule has 210 valence electrons. The Morgan fingerprint density at radius 2 is 1.85 bits per heavy atom. The highest BCUT2D eigenvalue weighted by Gasteiger charge is 2.39. The van der Waals surface area contributed by atoms with Gasteiger partial charge in [0.2, 0.25) is 14.2 Å². The highest BCUT2D eigenvalue weighted by atomic mass is 35.5. The maximum absolute atomic E-state index is 13.0. The first-order valence-electron chi connectivity index (χ1n) is 13.6. The molecule has 1 aromatic heterocycles. The normalized spacial score (nSPS) is 18.2. The van der Waals surface area contributed by atoms with Crippen LogP contribution in [0.15, 0.2) is 42.5 Å². The van der Waals surface area contributed by atoms with E-state index >= 15 is 0 Å². The van der Waals surface area contributed by atoms with E-state index in [1.807, 2.05) is 41.9 Å². The van der Waals surface area contributed by atoms with E-state index in [0.717, 1.165) is 48.3 Å². The summed E-state index contributed by atoms with van der Waals surface area (Å²) in [4.78, 5) is 13.0. The first kappa shape index (κ1) is 29.7. The number of rotatable bonds is 7. The van der Waals surface area contributed by atoms with Crippen LogP contribution in [-0.2, 0) is 11.2 Å². The third kappa shape index (κ3) is 6.88. The number of hydrogen-bond acceptors (Lipinski definition) is 4. The second-order valence-corrected chi connectivity index (χ2v) is 17.8. The summed E-state index contributed by atoms with van der Waals surface area (Å²) in [5, 5.41) is 9.19. The quantitative estimate of drug-likeness (QED) is 0.281. The maximum Gasteiger partial charge on any atom is 0.250 e. The van der Waals surface area contributed by atoms with Crippen LogP contribution in [0, 0.1) is 6.92 Å². The van der Waals surface area contributed by atoms with Gasteiger partial charge in [-0.1, -0.05) is 44.0 Å². The minimum Gasteiger partial charge on any atom is -0.544 e. The van der Waals surface area contributed by atoms with Crippen molar-refractivity contribution in [3.63, 3.8) is 0 Å². The van der Waals surface area contributed by atoms with Crippen LogP contribution < -0.4 is 15.5 Å². The van der Waals surface area contributed by atoms with Crippen LogP contribution in [0.5, 0.6) is 5.75 Å². The Hall–Kier alpha value is -2.32. The van der Waals surface area contributed by atoms with Crippen molar-refractivity contribution in [2.75, 3.05) is 0 Å². The third-order valence-electron chi connectivity index (χ3n) is 8.07. The molecule has 6 nitrogen and oxygen atoms in total. The Kier molecular flexibility index (Phi) is 8.86. The minimum atomic E-state index is -1.97. The lowest BCUT2D eigenvalue weighted by molar-refractivity contribution is -0.121. The van der Waals surface area contributed by atoms with Gasteiger partial charge in [-0.15, -0.1) is 0 Å². The summed E-state index contributed by atoms with van der Waals surface area (Å²) in [6.45, 7) is 13.2. The number of hydrogen-bond donors (Lipinski definition) is 2. The SMILES string of the molecule is Cc1c(CC(=O)NC2CCCC(N)C2)nn(-c2ccc(Cl)cc2Cl)c1-c1ccc(O[Si](C)(C)C(C)(C)C)cc1. The number of nitrogens with one attached hydrogen (secondary N) is 1. The molecule has 1 aliphatic rings. The maximum atomic E-state index is 13.0. The summed E-state index contributed by atoms with van der Waals surface area (Å²) in [6.07, 6.45) is 4.00. The monoisotopic (exact) mass is 586 g/mol. The van der Waals surface area contributed by atoms with Gasteiger partial charge >= 0.3 is 0 Å². The van der Waals surface area contributed by atoms with E-state index in [4.69, 9.17) is 38.5 Å². The van der Waals surface area contributed by atoms with Crippen molar-refractivity contribution in [1.29, 1.82) is 0 Å². The van der Waals surface area contributed by atoms with Crippen LogP contribution in [-0.4, -0.2) is 36.1 Å². The van der Waals surface area contributed by atoms with E-state index in [2.05, 4.69) is 39.2 Å². The van der Waals surface area contributed by atoms with Gasteiger partial charge in [0.25, 0.3) is 0 Å². The summed E-state index contributed by atoms with van der Waals surface area (Å²) < 4.78 is 8.31. The molecule has 39 heavy (non-hydrogen) atoms. The molecule has 1 heterocycles. The van der Waals surface area contributed by atoms with Gasteiger partial charge in [0, 0.05) is 22.7 Å². The Bertz CT molecular complexity index is 1330. The number of nitrogens with two attached hydrogens (primary N) is 1. The van der Waals surface area contributed by atoms with E-state index in [0.29, 0.717) is 21.4 Å². The van der Waals surface area contributed by atoms with E-state index < -0.39 is 8.32 Å². The van der Waals surface area contributed by atoms with Crippen LogP contribution in [0.1, 0.15) is 57.7 Å².